The first-order valence-electron chi connectivity index (χ1n) is 5.72. The summed E-state index contributed by atoms with van der Waals surface area (Å²) in [6, 6.07) is 12.2. The number of hydrazine groups is 1. The summed E-state index contributed by atoms with van der Waals surface area (Å²) in [6.07, 6.45) is 0. The second kappa shape index (κ2) is 4.53. The Morgan fingerprint density at radius 2 is 2.11 bits per heavy atom. The molecule has 0 aliphatic rings. The van der Waals surface area contributed by atoms with Crippen LogP contribution in [-0.4, -0.2) is 9.78 Å². The van der Waals surface area contributed by atoms with Crippen molar-refractivity contribution in [2.45, 2.75) is 6.04 Å². The fourth-order valence-electron chi connectivity index (χ4n) is 2.21. The molecule has 0 aliphatic carbocycles. The van der Waals surface area contributed by atoms with Gasteiger partial charge in [-0.25, -0.2) is 5.43 Å². The molecule has 5 heteroatoms. The molecule has 2 aromatic heterocycles. The van der Waals surface area contributed by atoms with Crippen LogP contribution in [0, 0.1) is 0 Å². The largest absolute Gasteiger partial charge is 0.270 e. The number of nitrogens with one attached hydrogen (secondary N) is 1. The highest BCUT2D eigenvalue weighted by molar-refractivity contribution is 7.10. The number of nitrogens with two attached hydrogens (primary N) is 1. The maximum Gasteiger partial charge on any atom is 0.0997 e. The van der Waals surface area contributed by atoms with Crippen molar-refractivity contribution in [3.63, 3.8) is 0 Å². The van der Waals surface area contributed by atoms with Crippen molar-refractivity contribution in [2.24, 2.45) is 12.9 Å². The van der Waals surface area contributed by atoms with E-state index >= 15 is 0 Å². The lowest BCUT2D eigenvalue weighted by Crippen LogP contribution is -2.28. The van der Waals surface area contributed by atoms with Crippen molar-refractivity contribution < 1.29 is 0 Å². The van der Waals surface area contributed by atoms with E-state index in [4.69, 9.17) is 5.84 Å². The molecule has 0 bridgehead atoms. The third kappa shape index (κ3) is 1.73. The van der Waals surface area contributed by atoms with Gasteiger partial charge in [0.25, 0.3) is 0 Å². The van der Waals surface area contributed by atoms with Crippen LogP contribution < -0.4 is 11.3 Å². The molecule has 1 unspecified atom stereocenters. The molecule has 1 aromatic carbocycles. The summed E-state index contributed by atoms with van der Waals surface area (Å²) in [5, 5.41) is 7.78. The number of aromatic nitrogens is 2. The van der Waals surface area contributed by atoms with Crippen molar-refractivity contribution in [3.05, 3.63) is 52.3 Å². The summed E-state index contributed by atoms with van der Waals surface area (Å²) in [6.45, 7) is 0. The van der Waals surface area contributed by atoms with Crippen LogP contribution in [0.5, 0.6) is 0 Å². The molecule has 3 N–H and O–H groups in total. The number of benzene rings is 1. The van der Waals surface area contributed by atoms with Gasteiger partial charge in [-0.2, -0.15) is 5.10 Å². The number of nitrogens with zero attached hydrogens (tertiary/aromatic N) is 2. The third-order valence-corrected chi connectivity index (χ3v) is 3.99. The number of hydrogen-bond acceptors (Lipinski definition) is 4. The number of para-hydroxylation sites is 1. The molecule has 0 amide bonds. The average Bonchev–Trinajstić information content (AvgIpc) is 3.01. The Morgan fingerprint density at radius 3 is 2.83 bits per heavy atom. The van der Waals surface area contributed by atoms with Gasteiger partial charge in [0.2, 0.25) is 0 Å². The Balaban J connectivity index is 2.19. The Kier molecular flexibility index (Phi) is 2.87. The van der Waals surface area contributed by atoms with Crippen LogP contribution in [0.25, 0.3) is 10.9 Å². The van der Waals surface area contributed by atoms with E-state index in [0.29, 0.717) is 0 Å². The van der Waals surface area contributed by atoms with Gasteiger partial charge in [-0.3, -0.25) is 10.5 Å². The number of rotatable bonds is 3. The Bertz CT molecular complexity index is 657. The van der Waals surface area contributed by atoms with Gasteiger partial charge >= 0.3 is 0 Å². The summed E-state index contributed by atoms with van der Waals surface area (Å²) < 4.78 is 1.89. The minimum absolute atomic E-state index is 0.0592. The van der Waals surface area contributed by atoms with Gasteiger partial charge in [-0.1, -0.05) is 24.3 Å². The summed E-state index contributed by atoms with van der Waals surface area (Å²) in [7, 11) is 1.95. The smallest absolute Gasteiger partial charge is 0.0997 e. The molecule has 0 aliphatic heterocycles. The van der Waals surface area contributed by atoms with Crippen LogP contribution in [0.2, 0.25) is 0 Å². The zero-order valence-electron chi connectivity index (χ0n) is 10.00. The molecule has 3 rings (SSSR count). The van der Waals surface area contributed by atoms with Crippen LogP contribution in [0.3, 0.4) is 0 Å². The molecule has 0 saturated carbocycles. The van der Waals surface area contributed by atoms with E-state index in [1.807, 2.05) is 35.3 Å². The van der Waals surface area contributed by atoms with E-state index in [9.17, 15) is 0 Å². The highest BCUT2D eigenvalue weighted by Gasteiger charge is 2.20. The molecule has 0 fully saturated rings. The maximum absolute atomic E-state index is 5.70. The Morgan fingerprint density at radius 1 is 1.28 bits per heavy atom. The van der Waals surface area contributed by atoms with E-state index in [2.05, 4.69) is 28.7 Å². The molecular weight excluding hydrogens is 244 g/mol. The summed E-state index contributed by atoms with van der Waals surface area (Å²) >= 11 is 1.68. The van der Waals surface area contributed by atoms with Crippen molar-refractivity contribution in [1.82, 2.24) is 15.2 Å². The lowest BCUT2D eigenvalue weighted by molar-refractivity contribution is 0.616. The molecule has 0 radical (unpaired) electrons. The van der Waals surface area contributed by atoms with Crippen LogP contribution in [0.15, 0.2) is 41.8 Å². The van der Waals surface area contributed by atoms with Gasteiger partial charge in [-0.05, 0) is 17.5 Å². The summed E-state index contributed by atoms with van der Waals surface area (Å²) in [5.74, 6) is 5.70. The summed E-state index contributed by atoms with van der Waals surface area (Å²) in [4.78, 5) is 1.17. The van der Waals surface area contributed by atoms with Gasteiger partial charge in [0, 0.05) is 17.3 Å². The number of thiophene rings is 1. The second-order valence-electron chi connectivity index (χ2n) is 4.14. The van der Waals surface area contributed by atoms with Crippen LogP contribution in [-0.2, 0) is 7.05 Å². The topological polar surface area (TPSA) is 55.9 Å². The molecule has 0 spiro atoms. The minimum atomic E-state index is -0.0592. The van der Waals surface area contributed by atoms with E-state index in [0.717, 1.165) is 16.6 Å². The van der Waals surface area contributed by atoms with Gasteiger partial charge in [-0.15, -0.1) is 11.3 Å². The lowest BCUT2D eigenvalue weighted by atomic mass is 10.1. The van der Waals surface area contributed by atoms with Crippen LogP contribution in [0.1, 0.15) is 16.6 Å². The molecular formula is C13H14N4S. The van der Waals surface area contributed by atoms with E-state index < -0.39 is 0 Å². The zero-order valence-corrected chi connectivity index (χ0v) is 10.8. The molecule has 1 atom stereocenters. The SMILES string of the molecule is Cn1nc(C(NN)c2cccs2)c2ccccc21. The van der Waals surface area contributed by atoms with E-state index in [1.54, 1.807) is 11.3 Å². The van der Waals surface area contributed by atoms with Crippen molar-refractivity contribution >= 4 is 22.2 Å². The standard InChI is InChI=1S/C13H14N4S/c1-17-10-6-3-2-5-9(10)12(16-17)13(15-14)11-7-4-8-18-11/h2-8,13,15H,14H2,1H3. The second-order valence-corrected chi connectivity index (χ2v) is 5.12. The van der Waals surface area contributed by atoms with E-state index in [1.165, 1.54) is 4.88 Å². The van der Waals surface area contributed by atoms with Crippen molar-refractivity contribution in [2.75, 3.05) is 0 Å². The maximum atomic E-state index is 5.70. The van der Waals surface area contributed by atoms with Gasteiger partial charge in [0.05, 0.1) is 17.3 Å². The highest BCUT2D eigenvalue weighted by Crippen LogP contribution is 2.29. The minimum Gasteiger partial charge on any atom is -0.270 e. The monoisotopic (exact) mass is 258 g/mol. The fraction of sp³-hybridized carbons (Fsp3) is 0.154. The molecule has 92 valence electrons. The van der Waals surface area contributed by atoms with Gasteiger partial charge < -0.3 is 0 Å². The van der Waals surface area contributed by atoms with E-state index in [-0.39, 0.29) is 6.04 Å². The summed E-state index contributed by atoms with van der Waals surface area (Å²) in [5.41, 5.74) is 4.95. The molecule has 18 heavy (non-hydrogen) atoms. The average molecular weight is 258 g/mol. The number of aryl methyl sites for hydroxylation is 1. The van der Waals surface area contributed by atoms with Crippen molar-refractivity contribution in [1.29, 1.82) is 0 Å². The molecule has 2 heterocycles. The van der Waals surface area contributed by atoms with Crippen molar-refractivity contribution in [3.8, 4) is 0 Å². The quantitative estimate of drug-likeness (QED) is 0.559. The fourth-order valence-corrected chi connectivity index (χ4v) is 2.99. The zero-order chi connectivity index (χ0) is 12.5. The molecule has 0 saturated heterocycles. The first kappa shape index (κ1) is 11.4. The molecule has 4 nitrogen and oxygen atoms in total. The van der Waals surface area contributed by atoms with Crippen LogP contribution >= 0.6 is 11.3 Å². The Labute approximate surface area is 109 Å². The normalized spacial score (nSPS) is 13.0. The number of hydrogen-bond donors (Lipinski definition) is 2. The first-order chi connectivity index (χ1) is 8.81. The van der Waals surface area contributed by atoms with Gasteiger partial charge in [0.1, 0.15) is 0 Å². The predicted molar refractivity (Wildman–Crippen MR) is 74.2 cm³/mol. The van der Waals surface area contributed by atoms with Crippen LogP contribution in [0.4, 0.5) is 0 Å². The van der Waals surface area contributed by atoms with Gasteiger partial charge in [0.15, 0.2) is 0 Å². The highest BCUT2D eigenvalue weighted by atomic mass is 32.1. The third-order valence-electron chi connectivity index (χ3n) is 3.05. The lowest BCUT2D eigenvalue weighted by Gasteiger charge is -2.11. The Hall–Kier alpha value is -1.69. The molecule has 3 aromatic rings. The number of fused-ring (bicyclic) bond motifs is 1. The predicted octanol–water partition coefficient (Wildman–Crippen LogP) is 2.19. The first-order valence-corrected chi connectivity index (χ1v) is 6.60.